The fourth-order valence-electron chi connectivity index (χ4n) is 3.01. The smallest absolute Gasteiger partial charge is 0.216 e. The monoisotopic (exact) mass is 326 g/mol. The molecule has 0 spiro atoms. The molecule has 0 amide bonds. The van der Waals surface area contributed by atoms with Crippen molar-refractivity contribution >= 4 is 22.4 Å². The van der Waals surface area contributed by atoms with Gasteiger partial charge in [0.1, 0.15) is 0 Å². The first-order valence-electron chi connectivity index (χ1n) is 7.36. The Morgan fingerprint density at radius 2 is 2.05 bits per heavy atom. The fraction of sp³-hybridized carbons (Fsp3) is 1.00. The molecular formula is C13H27ClN2O3S. The molecule has 0 aromatic carbocycles. The van der Waals surface area contributed by atoms with Crippen LogP contribution in [0.3, 0.4) is 0 Å². The summed E-state index contributed by atoms with van der Waals surface area (Å²) in [4.78, 5) is 0. The van der Waals surface area contributed by atoms with E-state index in [1.807, 2.05) is 7.05 Å². The molecule has 2 unspecified atom stereocenters. The van der Waals surface area contributed by atoms with Crippen molar-refractivity contribution in [2.24, 2.45) is 5.92 Å². The van der Waals surface area contributed by atoms with Gasteiger partial charge in [-0.25, -0.2) is 12.7 Å². The zero-order valence-corrected chi connectivity index (χ0v) is 13.8. The SMILES string of the molecule is CNCC1CCCN(S(=O)(=O)CC2CCCCO2)C1.Cl. The Hall–Kier alpha value is 0.120. The van der Waals surface area contributed by atoms with Crippen LogP contribution >= 0.6 is 12.4 Å². The lowest BCUT2D eigenvalue weighted by Gasteiger charge is -2.33. The first kappa shape index (κ1) is 18.2. The molecule has 0 radical (unpaired) electrons. The van der Waals surface area contributed by atoms with Crippen LogP contribution in [-0.4, -0.2) is 57.9 Å². The third-order valence-corrected chi connectivity index (χ3v) is 5.95. The number of hydrogen-bond acceptors (Lipinski definition) is 4. The molecule has 2 atom stereocenters. The molecule has 2 aliphatic rings. The topological polar surface area (TPSA) is 58.6 Å². The van der Waals surface area contributed by atoms with Crippen LogP contribution in [0, 0.1) is 5.92 Å². The van der Waals surface area contributed by atoms with Crippen molar-refractivity contribution in [3.8, 4) is 0 Å². The second kappa shape index (κ2) is 8.54. The minimum absolute atomic E-state index is 0. The van der Waals surface area contributed by atoms with E-state index in [2.05, 4.69) is 5.32 Å². The van der Waals surface area contributed by atoms with Gasteiger partial charge in [0, 0.05) is 19.7 Å². The van der Waals surface area contributed by atoms with Gasteiger partial charge in [0.15, 0.2) is 0 Å². The summed E-state index contributed by atoms with van der Waals surface area (Å²) in [5, 5.41) is 3.14. The Morgan fingerprint density at radius 1 is 1.25 bits per heavy atom. The van der Waals surface area contributed by atoms with E-state index in [9.17, 15) is 8.42 Å². The second-order valence-corrected chi connectivity index (χ2v) is 7.70. The molecular weight excluding hydrogens is 300 g/mol. The van der Waals surface area contributed by atoms with Crippen LogP contribution in [0.1, 0.15) is 32.1 Å². The lowest BCUT2D eigenvalue weighted by Crippen LogP contribution is -2.45. The summed E-state index contributed by atoms with van der Waals surface area (Å²) in [7, 11) is -1.23. The number of rotatable bonds is 5. The molecule has 1 N–H and O–H groups in total. The molecule has 0 aromatic rings. The number of sulfonamides is 1. The first-order valence-corrected chi connectivity index (χ1v) is 8.97. The lowest BCUT2D eigenvalue weighted by atomic mass is 10.00. The van der Waals surface area contributed by atoms with E-state index in [4.69, 9.17) is 4.74 Å². The van der Waals surface area contributed by atoms with Crippen LogP contribution < -0.4 is 5.32 Å². The number of piperidine rings is 1. The van der Waals surface area contributed by atoms with E-state index in [-0.39, 0.29) is 24.3 Å². The third kappa shape index (κ3) is 5.15. The molecule has 0 aliphatic carbocycles. The Labute approximate surface area is 128 Å². The molecule has 0 bridgehead atoms. The molecule has 20 heavy (non-hydrogen) atoms. The maximum Gasteiger partial charge on any atom is 0.216 e. The molecule has 2 fully saturated rings. The van der Waals surface area contributed by atoms with Crippen LogP contribution in [0.4, 0.5) is 0 Å². The van der Waals surface area contributed by atoms with E-state index in [1.165, 1.54) is 0 Å². The number of hydrogen-bond donors (Lipinski definition) is 1. The zero-order valence-electron chi connectivity index (χ0n) is 12.2. The largest absolute Gasteiger partial charge is 0.377 e. The van der Waals surface area contributed by atoms with Crippen molar-refractivity contribution in [2.45, 2.75) is 38.2 Å². The summed E-state index contributed by atoms with van der Waals surface area (Å²) in [5.41, 5.74) is 0. The van der Waals surface area contributed by atoms with E-state index in [0.29, 0.717) is 25.6 Å². The highest BCUT2D eigenvalue weighted by molar-refractivity contribution is 7.89. The Morgan fingerprint density at radius 3 is 2.70 bits per heavy atom. The van der Waals surface area contributed by atoms with Gasteiger partial charge < -0.3 is 10.1 Å². The predicted octanol–water partition coefficient (Wildman–Crippen LogP) is 1.24. The lowest BCUT2D eigenvalue weighted by molar-refractivity contribution is 0.0297. The average Bonchev–Trinajstić information content (AvgIpc) is 2.40. The number of nitrogens with zero attached hydrogens (tertiary/aromatic N) is 1. The molecule has 2 heterocycles. The normalized spacial score (nSPS) is 28.9. The van der Waals surface area contributed by atoms with Crippen LogP contribution in [-0.2, 0) is 14.8 Å². The predicted molar refractivity (Wildman–Crippen MR) is 82.8 cm³/mol. The second-order valence-electron chi connectivity index (χ2n) is 5.69. The molecule has 2 aliphatic heterocycles. The van der Waals surface area contributed by atoms with Crippen molar-refractivity contribution in [3.63, 3.8) is 0 Å². The maximum absolute atomic E-state index is 12.4. The number of halogens is 1. The van der Waals surface area contributed by atoms with Gasteiger partial charge in [-0.05, 0) is 51.6 Å². The van der Waals surface area contributed by atoms with Gasteiger partial charge in [0.25, 0.3) is 0 Å². The van der Waals surface area contributed by atoms with Crippen LogP contribution in [0.2, 0.25) is 0 Å². The molecule has 120 valence electrons. The summed E-state index contributed by atoms with van der Waals surface area (Å²) in [5.74, 6) is 0.611. The maximum atomic E-state index is 12.4. The van der Waals surface area contributed by atoms with Crippen LogP contribution in [0.25, 0.3) is 0 Å². The fourth-order valence-corrected chi connectivity index (χ4v) is 4.80. The number of nitrogens with one attached hydrogen (secondary N) is 1. The highest BCUT2D eigenvalue weighted by Gasteiger charge is 2.31. The third-order valence-electron chi connectivity index (χ3n) is 4.04. The summed E-state index contributed by atoms with van der Waals surface area (Å²) in [6, 6.07) is 0. The van der Waals surface area contributed by atoms with Gasteiger partial charge in [-0.2, -0.15) is 0 Å². The van der Waals surface area contributed by atoms with Crippen molar-refractivity contribution < 1.29 is 13.2 Å². The Kier molecular flexibility index (Phi) is 7.75. The molecule has 5 nitrogen and oxygen atoms in total. The van der Waals surface area contributed by atoms with E-state index in [0.717, 1.165) is 38.6 Å². The number of ether oxygens (including phenoxy) is 1. The average molecular weight is 327 g/mol. The Bertz CT molecular complexity index is 370. The Balaban J connectivity index is 0.00000200. The van der Waals surface area contributed by atoms with Crippen molar-refractivity contribution in [1.82, 2.24) is 9.62 Å². The summed E-state index contributed by atoms with van der Waals surface area (Å²) < 4.78 is 32.1. The summed E-state index contributed by atoms with van der Waals surface area (Å²) in [6.07, 6.45) is 5.02. The van der Waals surface area contributed by atoms with Gasteiger partial charge in [-0.1, -0.05) is 0 Å². The standard InChI is InChI=1S/C13H26N2O3S.ClH/c1-14-9-12-5-4-7-15(10-12)19(16,17)11-13-6-2-3-8-18-13;/h12-14H,2-11H2,1H3;1H. The molecule has 0 aromatic heterocycles. The van der Waals surface area contributed by atoms with E-state index >= 15 is 0 Å². The molecule has 0 saturated carbocycles. The van der Waals surface area contributed by atoms with Crippen molar-refractivity contribution in [2.75, 3.05) is 39.0 Å². The van der Waals surface area contributed by atoms with Gasteiger partial charge in [-0.3, -0.25) is 0 Å². The van der Waals surface area contributed by atoms with Gasteiger partial charge in [0.05, 0.1) is 11.9 Å². The summed E-state index contributed by atoms with van der Waals surface area (Å²) in [6.45, 7) is 2.94. The van der Waals surface area contributed by atoms with Crippen molar-refractivity contribution in [1.29, 1.82) is 0 Å². The molecule has 2 saturated heterocycles. The quantitative estimate of drug-likeness (QED) is 0.826. The first-order chi connectivity index (χ1) is 9.12. The highest BCUT2D eigenvalue weighted by atomic mass is 35.5. The zero-order chi connectivity index (χ0) is 13.7. The van der Waals surface area contributed by atoms with Gasteiger partial charge >= 0.3 is 0 Å². The highest BCUT2D eigenvalue weighted by Crippen LogP contribution is 2.21. The minimum Gasteiger partial charge on any atom is -0.377 e. The van der Waals surface area contributed by atoms with Crippen LogP contribution in [0.5, 0.6) is 0 Å². The van der Waals surface area contributed by atoms with E-state index in [1.54, 1.807) is 4.31 Å². The molecule has 7 heteroatoms. The van der Waals surface area contributed by atoms with E-state index < -0.39 is 10.0 Å². The van der Waals surface area contributed by atoms with Gasteiger partial charge in [-0.15, -0.1) is 12.4 Å². The van der Waals surface area contributed by atoms with Crippen LogP contribution in [0.15, 0.2) is 0 Å². The van der Waals surface area contributed by atoms with Gasteiger partial charge in [0.2, 0.25) is 10.0 Å². The van der Waals surface area contributed by atoms with Crippen molar-refractivity contribution in [3.05, 3.63) is 0 Å². The molecule has 2 rings (SSSR count). The minimum atomic E-state index is -3.15. The summed E-state index contributed by atoms with van der Waals surface area (Å²) >= 11 is 0.